The minimum atomic E-state index is -0.562. The fraction of sp³-hybridized carbons (Fsp3) is 0.429. The van der Waals surface area contributed by atoms with Crippen LogP contribution in [0.15, 0.2) is 35.6 Å². The highest BCUT2D eigenvalue weighted by Gasteiger charge is 2.22. The highest BCUT2D eigenvalue weighted by Crippen LogP contribution is 2.29. The summed E-state index contributed by atoms with van der Waals surface area (Å²) in [6, 6.07) is 5.88. The van der Waals surface area contributed by atoms with Gasteiger partial charge in [-0.3, -0.25) is 14.9 Å². The molecule has 0 spiro atoms. The zero-order valence-electron chi connectivity index (χ0n) is 18.4. The van der Waals surface area contributed by atoms with Gasteiger partial charge in [-0.2, -0.15) is 5.10 Å². The zero-order valence-corrected chi connectivity index (χ0v) is 19.2. The van der Waals surface area contributed by atoms with Gasteiger partial charge in [0.15, 0.2) is 10.8 Å². The van der Waals surface area contributed by atoms with Gasteiger partial charge < -0.3 is 15.0 Å². The summed E-state index contributed by atoms with van der Waals surface area (Å²) < 4.78 is 7.20. The van der Waals surface area contributed by atoms with Crippen LogP contribution in [0.5, 0.6) is 0 Å². The van der Waals surface area contributed by atoms with Crippen molar-refractivity contribution in [3.05, 3.63) is 46.1 Å². The number of anilines is 1. The van der Waals surface area contributed by atoms with Crippen molar-refractivity contribution in [2.75, 3.05) is 37.7 Å². The number of thioether (sulfide) groups is 1. The lowest BCUT2D eigenvalue weighted by atomic mass is 10.1. The molecule has 3 aromatic rings. The summed E-state index contributed by atoms with van der Waals surface area (Å²) >= 11 is 1.58. The highest BCUT2D eigenvalue weighted by atomic mass is 32.2. The van der Waals surface area contributed by atoms with Gasteiger partial charge in [0.1, 0.15) is 11.4 Å². The Labute approximate surface area is 194 Å². The molecule has 4 rings (SSSR count). The van der Waals surface area contributed by atoms with E-state index in [2.05, 4.69) is 29.2 Å². The first-order chi connectivity index (χ1) is 15.9. The number of hydrogen-bond acceptors (Lipinski definition) is 9. The number of carbonyl (C=O) groups is 1. The molecule has 2 aromatic heterocycles. The largest absolute Gasteiger partial charge is 0.378 e. The fourth-order valence-electron chi connectivity index (χ4n) is 3.56. The second-order valence-corrected chi connectivity index (χ2v) is 9.27. The molecule has 1 aromatic carbocycles. The molecule has 1 aliphatic rings. The molecule has 1 fully saturated rings. The van der Waals surface area contributed by atoms with Gasteiger partial charge >= 0.3 is 0 Å². The van der Waals surface area contributed by atoms with Crippen LogP contribution in [0.4, 0.5) is 11.5 Å². The van der Waals surface area contributed by atoms with Gasteiger partial charge in [-0.05, 0) is 6.07 Å². The molecular weight excluding hydrogens is 446 g/mol. The van der Waals surface area contributed by atoms with Crippen molar-refractivity contribution in [2.24, 2.45) is 0 Å². The first-order valence-electron chi connectivity index (χ1n) is 10.7. The number of amides is 1. The Bertz CT molecular complexity index is 1160. The van der Waals surface area contributed by atoms with E-state index in [1.165, 1.54) is 18.2 Å². The summed E-state index contributed by atoms with van der Waals surface area (Å²) in [5, 5.41) is 20.2. The average Bonchev–Trinajstić information content (AvgIpc) is 3.21. The molecule has 11 nitrogen and oxygen atoms in total. The van der Waals surface area contributed by atoms with E-state index >= 15 is 0 Å². The van der Waals surface area contributed by atoms with Crippen molar-refractivity contribution < 1.29 is 14.5 Å². The number of nitro groups is 1. The van der Waals surface area contributed by atoms with Crippen LogP contribution in [0.3, 0.4) is 0 Å². The number of rotatable bonds is 8. The molecule has 0 radical (unpaired) electrons. The van der Waals surface area contributed by atoms with E-state index in [-0.39, 0.29) is 17.8 Å². The molecule has 1 amide bonds. The van der Waals surface area contributed by atoms with Crippen LogP contribution < -0.4 is 10.2 Å². The van der Waals surface area contributed by atoms with Crippen molar-refractivity contribution in [1.82, 2.24) is 25.1 Å². The lowest BCUT2D eigenvalue weighted by Gasteiger charge is -2.28. The van der Waals surface area contributed by atoms with E-state index in [4.69, 9.17) is 14.7 Å². The maximum Gasteiger partial charge on any atom is 0.282 e. The van der Waals surface area contributed by atoms with E-state index in [9.17, 15) is 14.9 Å². The minimum absolute atomic E-state index is 0.0281. The average molecular weight is 472 g/mol. The van der Waals surface area contributed by atoms with Crippen LogP contribution in [-0.4, -0.2) is 68.7 Å². The van der Waals surface area contributed by atoms with Crippen molar-refractivity contribution in [3.63, 3.8) is 0 Å². The van der Waals surface area contributed by atoms with Gasteiger partial charge in [0.05, 0.1) is 36.3 Å². The Morgan fingerprint density at radius 3 is 2.76 bits per heavy atom. The molecule has 1 N–H and O–H groups in total. The standard InChI is InChI=1S/C21H25N7O4S/c1-14(2)33-21-24-18(26-9-11-32-12-10-26)16-13-23-27(19(16)25-21)8-7-22-20(29)15-5-3-4-6-17(15)28(30)31/h3-6,13-14H,7-12H2,1-2H3,(H,22,29). The number of nitrogens with zero attached hydrogens (tertiary/aromatic N) is 6. The second kappa shape index (κ2) is 10.1. The third-order valence-electron chi connectivity index (χ3n) is 5.06. The van der Waals surface area contributed by atoms with Crippen molar-refractivity contribution in [1.29, 1.82) is 0 Å². The Morgan fingerprint density at radius 2 is 2.03 bits per heavy atom. The number of nitrogens with one attached hydrogen (secondary N) is 1. The minimum Gasteiger partial charge on any atom is -0.378 e. The quantitative estimate of drug-likeness (QED) is 0.228. The Kier molecular flexibility index (Phi) is 7.04. The molecule has 174 valence electrons. The van der Waals surface area contributed by atoms with Gasteiger partial charge in [0.2, 0.25) is 0 Å². The molecule has 0 bridgehead atoms. The normalized spacial score (nSPS) is 14.1. The number of hydrogen-bond donors (Lipinski definition) is 1. The monoisotopic (exact) mass is 471 g/mol. The van der Waals surface area contributed by atoms with Crippen LogP contribution in [-0.2, 0) is 11.3 Å². The van der Waals surface area contributed by atoms with Crippen LogP contribution in [0, 0.1) is 10.1 Å². The predicted molar refractivity (Wildman–Crippen MR) is 125 cm³/mol. The van der Waals surface area contributed by atoms with Crippen LogP contribution in [0.2, 0.25) is 0 Å². The zero-order chi connectivity index (χ0) is 23.4. The molecule has 3 heterocycles. The number of para-hydroxylation sites is 1. The van der Waals surface area contributed by atoms with E-state index in [1.54, 1.807) is 28.7 Å². The van der Waals surface area contributed by atoms with E-state index in [0.717, 1.165) is 24.3 Å². The van der Waals surface area contributed by atoms with Crippen molar-refractivity contribution in [2.45, 2.75) is 30.8 Å². The molecule has 1 aliphatic heterocycles. The lowest BCUT2D eigenvalue weighted by Crippen LogP contribution is -2.37. The number of aromatic nitrogens is 4. The summed E-state index contributed by atoms with van der Waals surface area (Å²) in [5.74, 6) is 0.333. The maximum atomic E-state index is 12.5. The van der Waals surface area contributed by atoms with Gasteiger partial charge in [-0.1, -0.05) is 37.7 Å². The molecule has 33 heavy (non-hydrogen) atoms. The Morgan fingerprint density at radius 1 is 1.27 bits per heavy atom. The van der Waals surface area contributed by atoms with Crippen LogP contribution in [0.25, 0.3) is 11.0 Å². The first-order valence-corrected chi connectivity index (χ1v) is 11.6. The highest BCUT2D eigenvalue weighted by molar-refractivity contribution is 7.99. The molecular formula is C21H25N7O4S. The van der Waals surface area contributed by atoms with E-state index < -0.39 is 10.8 Å². The van der Waals surface area contributed by atoms with Gasteiger partial charge in [0, 0.05) is 31.0 Å². The van der Waals surface area contributed by atoms with E-state index in [0.29, 0.717) is 35.8 Å². The second-order valence-electron chi connectivity index (χ2n) is 7.73. The third-order valence-corrected chi connectivity index (χ3v) is 5.93. The number of morpholine rings is 1. The smallest absolute Gasteiger partial charge is 0.282 e. The molecule has 0 unspecified atom stereocenters. The van der Waals surface area contributed by atoms with E-state index in [1.807, 2.05) is 0 Å². The number of carbonyl (C=O) groups excluding carboxylic acids is 1. The number of nitro benzene ring substituents is 1. The Balaban J connectivity index is 1.54. The van der Waals surface area contributed by atoms with Gasteiger partial charge in [0.25, 0.3) is 11.6 Å². The third kappa shape index (κ3) is 5.22. The van der Waals surface area contributed by atoms with Crippen LogP contribution >= 0.6 is 11.8 Å². The molecule has 1 saturated heterocycles. The topological polar surface area (TPSA) is 128 Å². The van der Waals surface area contributed by atoms with Crippen molar-refractivity contribution >= 4 is 40.2 Å². The van der Waals surface area contributed by atoms with Crippen LogP contribution in [0.1, 0.15) is 24.2 Å². The lowest BCUT2D eigenvalue weighted by molar-refractivity contribution is -0.385. The van der Waals surface area contributed by atoms with Gasteiger partial charge in [-0.15, -0.1) is 0 Å². The molecule has 0 saturated carbocycles. The fourth-order valence-corrected chi connectivity index (χ4v) is 4.26. The summed E-state index contributed by atoms with van der Waals surface area (Å²) in [5.41, 5.74) is 0.493. The summed E-state index contributed by atoms with van der Waals surface area (Å²) in [7, 11) is 0. The molecule has 12 heteroatoms. The Hall–Kier alpha value is -3.25. The summed E-state index contributed by atoms with van der Waals surface area (Å²) in [6.45, 7) is 7.55. The SMILES string of the molecule is CC(C)Sc1nc(N2CCOCC2)c2cnn(CCNC(=O)c3ccccc3[N+](=O)[O-])c2n1. The first kappa shape index (κ1) is 22.9. The van der Waals surface area contributed by atoms with Gasteiger partial charge in [-0.25, -0.2) is 14.6 Å². The summed E-state index contributed by atoms with van der Waals surface area (Å²) in [6.07, 6.45) is 1.74. The number of ether oxygens (including phenoxy) is 1. The molecule has 0 atom stereocenters. The predicted octanol–water partition coefficient (Wildman–Crippen LogP) is 2.50. The maximum absolute atomic E-state index is 12.5. The van der Waals surface area contributed by atoms with Crippen molar-refractivity contribution in [3.8, 4) is 0 Å². The molecule has 0 aliphatic carbocycles. The number of fused-ring (bicyclic) bond motifs is 1. The number of benzene rings is 1. The summed E-state index contributed by atoms with van der Waals surface area (Å²) in [4.78, 5) is 34.8.